The van der Waals surface area contributed by atoms with Crippen LogP contribution in [0.2, 0.25) is 0 Å². The Hall–Kier alpha value is -2.58. The monoisotopic (exact) mass is 469 g/mol. The number of ether oxygens (including phenoxy) is 1. The SMILES string of the molecule is CCN(CC)c1ccc(-c2nnc(SCC(=O)c3cc(C)n(CCOC)c3C)n2CC)cc1. The quantitative estimate of drug-likeness (QED) is 0.279. The smallest absolute Gasteiger partial charge is 0.191 e. The molecule has 0 aliphatic rings. The molecule has 0 amide bonds. The van der Waals surface area contributed by atoms with Gasteiger partial charge in [0.2, 0.25) is 0 Å². The summed E-state index contributed by atoms with van der Waals surface area (Å²) in [5.74, 6) is 1.26. The number of ketones is 1. The Balaban J connectivity index is 1.74. The van der Waals surface area contributed by atoms with E-state index < -0.39 is 0 Å². The Morgan fingerprint density at radius 1 is 1.06 bits per heavy atom. The second-order valence-electron chi connectivity index (χ2n) is 7.91. The number of methoxy groups -OCH3 is 1. The molecule has 3 aromatic rings. The van der Waals surface area contributed by atoms with Crippen LogP contribution in [0.1, 0.15) is 42.5 Å². The van der Waals surface area contributed by atoms with Crippen LogP contribution in [-0.2, 0) is 17.8 Å². The van der Waals surface area contributed by atoms with Crippen LogP contribution in [0.25, 0.3) is 11.4 Å². The molecule has 2 aromatic heterocycles. The van der Waals surface area contributed by atoms with Gasteiger partial charge in [0, 0.05) is 61.5 Å². The van der Waals surface area contributed by atoms with Gasteiger partial charge >= 0.3 is 0 Å². The minimum absolute atomic E-state index is 0.104. The molecule has 2 heterocycles. The summed E-state index contributed by atoms with van der Waals surface area (Å²) in [5, 5.41) is 9.60. The number of hydrogen-bond acceptors (Lipinski definition) is 6. The number of nitrogens with zero attached hydrogens (tertiary/aromatic N) is 5. The molecule has 0 aliphatic carbocycles. The Kier molecular flexibility index (Phi) is 8.74. The van der Waals surface area contributed by atoms with Crippen LogP contribution >= 0.6 is 11.8 Å². The summed E-state index contributed by atoms with van der Waals surface area (Å²) in [6.45, 7) is 14.5. The van der Waals surface area contributed by atoms with E-state index in [0.29, 0.717) is 12.4 Å². The van der Waals surface area contributed by atoms with Gasteiger partial charge < -0.3 is 18.8 Å². The molecule has 0 N–H and O–H groups in total. The predicted molar refractivity (Wildman–Crippen MR) is 136 cm³/mol. The van der Waals surface area contributed by atoms with E-state index in [4.69, 9.17) is 4.74 Å². The zero-order valence-corrected chi connectivity index (χ0v) is 21.4. The summed E-state index contributed by atoms with van der Waals surface area (Å²) < 4.78 is 9.40. The fraction of sp³-hybridized carbons (Fsp3) is 0.480. The van der Waals surface area contributed by atoms with Crippen LogP contribution in [0.4, 0.5) is 5.69 Å². The van der Waals surface area contributed by atoms with Gasteiger partial charge in [-0.25, -0.2) is 0 Å². The highest BCUT2D eigenvalue weighted by molar-refractivity contribution is 7.99. The number of aromatic nitrogens is 4. The van der Waals surface area contributed by atoms with Gasteiger partial charge in [0.15, 0.2) is 16.8 Å². The van der Waals surface area contributed by atoms with Crippen LogP contribution < -0.4 is 4.90 Å². The molecular weight excluding hydrogens is 434 g/mol. The van der Waals surface area contributed by atoms with Crippen molar-refractivity contribution in [3.8, 4) is 11.4 Å². The van der Waals surface area contributed by atoms with Crippen molar-refractivity contribution in [2.24, 2.45) is 0 Å². The average Bonchev–Trinajstić information content (AvgIpc) is 3.37. The first-order valence-electron chi connectivity index (χ1n) is 11.5. The van der Waals surface area contributed by atoms with E-state index >= 15 is 0 Å². The van der Waals surface area contributed by atoms with Gasteiger partial charge in [0.1, 0.15) is 0 Å². The van der Waals surface area contributed by atoms with Crippen LogP contribution in [0, 0.1) is 13.8 Å². The van der Waals surface area contributed by atoms with Crippen LogP contribution in [-0.4, -0.2) is 57.7 Å². The Morgan fingerprint density at radius 2 is 1.76 bits per heavy atom. The largest absolute Gasteiger partial charge is 0.383 e. The second-order valence-corrected chi connectivity index (χ2v) is 8.85. The van der Waals surface area contributed by atoms with Crippen molar-refractivity contribution in [1.29, 1.82) is 0 Å². The van der Waals surface area contributed by atoms with E-state index in [9.17, 15) is 4.79 Å². The number of Topliss-reactive ketones (excluding diaryl/α,β-unsaturated/α-hetero) is 1. The average molecular weight is 470 g/mol. The third-order valence-corrected chi connectivity index (χ3v) is 6.98. The molecule has 33 heavy (non-hydrogen) atoms. The number of rotatable bonds is 12. The summed E-state index contributed by atoms with van der Waals surface area (Å²) in [4.78, 5) is 15.3. The van der Waals surface area contributed by atoms with E-state index in [1.165, 1.54) is 17.4 Å². The molecule has 0 bridgehead atoms. The Bertz CT molecular complexity index is 1070. The van der Waals surface area contributed by atoms with Gasteiger partial charge in [-0.15, -0.1) is 10.2 Å². The molecule has 1 aromatic carbocycles. The molecule has 0 fully saturated rings. The molecule has 0 atom stereocenters. The third kappa shape index (κ3) is 5.50. The van der Waals surface area contributed by atoms with Gasteiger partial charge in [-0.05, 0) is 65.0 Å². The fourth-order valence-electron chi connectivity index (χ4n) is 4.12. The maximum atomic E-state index is 13.0. The van der Waals surface area contributed by atoms with Gasteiger partial charge in [-0.1, -0.05) is 11.8 Å². The minimum atomic E-state index is 0.104. The van der Waals surface area contributed by atoms with Crippen molar-refractivity contribution in [3.05, 3.63) is 47.3 Å². The summed E-state index contributed by atoms with van der Waals surface area (Å²) in [6.07, 6.45) is 0. The molecule has 0 unspecified atom stereocenters. The number of hydrogen-bond donors (Lipinski definition) is 0. The summed E-state index contributed by atoms with van der Waals surface area (Å²) in [7, 11) is 1.69. The van der Waals surface area contributed by atoms with Gasteiger partial charge in [0.05, 0.1) is 12.4 Å². The lowest BCUT2D eigenvalue weighted by molar-refractivity contribution is 0.102. The van der Waals surface area contributed by atoms with Crippen LogP contribution in [0.15, 0.2) is 35.5 Å². The van der Waals surface area contributed by atoms with Gasteiger partial charge in [-0.3, -0.25) is 4.79 Å². The second kappa shape index (κ2) is 11.5. The first-order chi connectivity index (χ1) is 15.9. The van der Waals surface area contributed by atoms with Crippen LogP contribution in [0.3, 0.4) is 0 Å². The summed E-state index contributed by atoms with van der Waals surface area (Å²) >= 11 is 1.44. The standard InChI is InChI=1S/C25H35N5O2S/c1-7-28(8-2)21-12-10-20(11-13-21)24-26-27-25(29(24)9-3)33-17-23(31)22-16-18(4)30(19(22)5)14-15-32-6/h10-13,16H,7-9,14-15,17H2,1-6H3. The lowest BCUT2D eigenvalue weighted by Gasteiger charge is -2.21. The molecule has 0 aliphatic heterocycles. The molecule has 0 saturated heterocycles. The summed E-state index contributed by atoms with van der Waals surface area (Å²) in [6, 6.07) is 10.4. The lowest BCUT2D eigenvalue weighted by Crippen LogP contribution is -2.21. The van der Waals surface area contributed by atoms with Crippen LogP contribution in [0.5, 0.6) is 0 Å². The Labute approximate surface area is 201 Å². The zero-order chi connectivity index (χ0) is 24.0. The van der Waals surface area contributed by atoms with E-state index in [1.807, 2.05) is 19.9 Å². The molecular formula is C25H35N5O2S. The number of benzene rings is 1. The first-order valence-corrected chi connectivity index (χ1v) is 12.5. The molecule has 0 saturated carbocycles. The molecule has 3 rings (SSSR count). The van der Waals surface area contributed by atoms with E-state index in [-0.39, 0.29) is 5.78 Å². The van der Waals surface area contributed by atoms with Crippen molar-refractivity contribution in [1.82, 2.24) is 19.3 Å². The third-order valence-electron chi connectivity index (χ3n) is 6.01. The van der Waals surface area contributed by atoms with Crippen molar-refractivity contribution in [3.63, 3.8) is 0 Å². The van der Waals surface area contributed by atoms with E-state index in [2.05, 4.69) is 69.3 Å². The molecule has 7 nitrogen and oxygen atoms in total. The van der Waals surface area contributed by atoms with Crippen molar-refractivity contribution in [2.75, 3.05) is 37.5 Å². The highest BCUT2D eigenvalue weighted by atomic mass is 32.2. The first kappa shape index (κ1) is 25.1. The lowest BCUT2D eigenvalue weighted by atomic mass is 10.2. The zero-order valence-electron chi connectivity index (χ0n) is 20.6. The molecule has 0 radical (unpaired) electrons. The number of aryl methyl sites for hydroxylation is 1. The topological polar surface area (TPSA) is 65.2 Å². The van der Waals surface area contributed by atoms with Crippen molar-refractivity contribution < 1.29 is 9.53 Å². The van der Waals surface area contributed by atoms with Crippen molar-refractivity contribution >= 4 is 23.2 Å². The van der Waals surface area contributed by atoms with Gasteiger partial charge in [0.25, 0.3) is 0 Å². The highest BCUT2D eigenvalue weighted by Crippen LogP contribution is 2.27. The van der Waals surface area contributed by atoms with Gasteiger partial charge in [-0.2, -0.15) is 0 Å². The minimum Gasteiger partial charge on any atom is -0.383 e. The predicted octanol–water partition coefficient (Wildman–Crippen LogP) is 4.85. The molecule has 8 heteroatoms. The van der Waals surface area contributed by atoms with E-state index in [1.54, 1.807) is 7.11 Å². The maximum absolute atomic E-state index is 13.0. The maximum Gasteiger partial charge on any atom is 0.191 e. The highest BCUT2D eigenvalue weighted by Gasteiger charge is 2.19. The number of anilines is 1. The number of thioether (sulfide) groups is 1. The summed E-state index contributed by atoms with van der Waals surface area (Å²) in [5.41, 5.74) is 5.06. The number of carbonyl (C=O) groups is 1. The Morgan fingerprint density at radius 3 is 2.36 bits per heavy atom. The normalized spacial score (nSPS) is 11.2. The number of carbonyl (C=O) groups excluding carboxylic acids is 1. The molecule has 0 spiro atoms. The fourth-order valence-corrected chi connectivity index (χ4v) is 5.01. The molecule has 178 valence electrons. The van der Waals surface area contributed by atoms with E-state index in [0.717, 1.165) is 59.7 Å². The van der Waals surface area contributed by atoms with Crippen molar-refractivity contribution in [2.45, 2.75) is 52.9 Å².